The van der Waals surface area contributed by atoms with Gasteiger partial charge in [-0.2, -0.15) is 0 Å². The van der Waals surface area contributed by atoms with Crippen molar-refractivity contribution in [1.29, 1.82) is 0 Å². The minimum atomic E-state index is -1.14. The fourth-order valence-electron chi connectivity index (χ4n) is 4.41. The van der Waals surface area contributed by atoms with Gasteiger partial charge in [0.25, 0.3) is 5.91 Å². The molecule has 1 saturated carbocycles. The molecular weight excluding hydrogens is 464 g/mol. The molecule has 1 aliphatic carbocycles. The summed E-state index contributed by atoms with van der Waals surface area (Å²) in [6.07, 6.45) is 5.51. The third-order valence-electron chi connectivity index (χ3n) is 6.15. The predicted molar refractivity (Wildman–Crippen MR) is 116 cm³/mol. The first kappa shape index (κ1) is 21.5. The van der Waals surface area contributed by atoms with E-state index in [1.807, 2.05) is 24.3 Å². The van der Waals surface area contributed by atoms with Crippen LogP contribution in [0.15, 0.2) is 35.1 Å². The summed E-state index contributed by atoms with van der Waals surface area (Å²) in [5.41, 5.74) is -0.156. The Hall–Kier alpha value is -2.68. The maximum Gasteiger partial charge on any atom is 0.359 e. The summed E-state index contributed by atoms with van der Waals surface area (Å²) in [5, 5.41) is 3.14. The van der Waals surface area contributed by atoms with Crippen LogP contribution in [0.1, 0.15) is 59.1 Å². The molecule has 164 valence electrons. The molecule has 2 aliphatic rings. The molecule has 1 fully saturated rings. The molecule has 9 heteroatoms. The van der Waals surface area contributed by atoms with Crippen LogP contribution < -0.4 is 5.32 Å². The van der Waals surface area contributed by atoms with Crippen molar-refractivity contribution in [2.45, 2.75) is 57.3 Å². The highest BCUT2D eigenvalue weighted by molar-refractivity contribution is 9.10. The molecule has 1 aliphatic heterocycles. The van der Waals surface area contributed by atoms with E-state index in [2.05, 4.69) is 26.2 Å². The lowest BCUT2D eigenvalue weighted by molar-refractivity contribution is -0.134. The van der Waals surface area contributed by atoms with Gasteiger partial charge in [0.15, 0.2) is 5.69 Å². The zero-order valence-corrected chi connectivity index (χ0v) is 19.1. The van der Waals surface area contributed by atoms with Crippen LogP contribution >= 0.6 is 15.9 Å². The number of halogens is 1. The summed E-state index contributed by atoms with van der Waals surface area (Å²) in [7, 11) is 1.25. The van der Waals surface area contributed by atoms with Crippen molar-refractivity contribution in [2.24, 2.45) is 0 Å². The van der Waals surface area contributed by atoms with Gasteiger partial charge >= 0.3 is 5.97 Å². The van der Waals surface area contributed by atoms with Gasteiger partial charge in [-0.3, -0.25) is 9.59 Å². The van der Waals surface area contributed by atoms with Crippen molar-refractivity contribution in [3.8, 4) is 0 Å². The van der Waals surface area contributed by atoms with Gasteiger partial charge in [-0.15, -0.1) is 0 Å². The normalized spacial score (nSPS) is 21.1. The number of methoxy groups -OCH3 is 1. The van der Waals surface area contributed by atoms with Gasteiger partial charge in [-0.1, -0.05) is 40.9 Å². The van der Waals surface area contributed by atoms with Gasteiger partial charge < -0.3 is 19.5 Å². The number of nitrogens with zero attached hydrogens (tertiary/aromatic N) is 3. The SMILES string of the molecule is COC(=O)c1ncn2c1C(=O)N(Cc1cccc(Br)c1)[C@](C)(C(=O)NC1CCCC1)C2. The summed E-state index contributed by atoms with van der Waals surface area (Å²) in [6.45, 7) is 2.19. The number of benzene rings is 1. The number of carbonyl (C=O) groups is 3. The minimum Gasteiger partial charge on any atom is -0.464 e. The van der Waals surface area contributed by atoms with Gasteiger partial charge in [0.2, 0.25) is 5.91 Å². The molecule has 1 atom stereocenters. The number of esters is 1. The van der Waals surface area contributed by atoms with Crippen LogP contribution in [0.4, 0.5) is 0 Å². The van der Waals surface area contributed by atoms with Crippen molar-refractivity contribution in [1.82, 2.24) is 19.8 Å². The molecular formula is C22H25BrN4O4. The van der Waals surface area contributed by atoms with Crippen molar-refractivity contribution in [3.05, 3.63) is 52.0 Å². The van der Waals surface area contributed by atoms with Crippen LogP contribution in [-0.2, 0) is 22.6 Å². The third kappa shape index (κ3) is 3.98. The maximum absolute atomic E-state index is 13.6. The topological polar surface area (TPSA) is 93.5 Å². The van der Waals surface area contributed by atoms with E-state index in [4.69, 9.17) is 4.74 Å². The van der Waals surface area contributed by atoms with E-state index in [1.54, 1.807) is 16.4 Å². The molecule has 1 aromatic heterocycles. The summed E-state index contributed by atoms with van der Waals surface area (Å²) in [4.78, 5) is 44.9. The van der Waals surface area contributed by atoms with Crippen LogP contribution in [-0.4, -0.2) is 50.9 Å². The molecule has 4 rings (SSSR count). The summed E-state index contributed by atoms with van der Waals surface area (Å²) < 4.78 is 7.26. The van der Waals surface area contributed by atoms with Gasteiger partial charge in [0.1, 0.15) is 11.2 Å². The predicted octanol–water partition coefficient (Wildman–Crippen LogP) is 2.91. The molecule has 0 bridgehead atoms. The number of aromatic nitrogens is 2. The second-order valence-electron chi connectivity index (χ2n) is 8.31. The molecule has 2 heterocycles. The standard InChI is InChI=1S/C22H25BrN4O4/c1-22(21(30)25-16-8-3-4-9-16)12-26-13-24-17(20(29)31-2)18(26)19(28)27(22)11-14-6-5-7-15(23)10-14/h5-7,10,13,16H,3-4,8-9,11-12H2,1-2H3,(H,25,30)/t22-/m0/s1. The fraction of sp³-hybridized carbons (Fsp3) is 0.455. The van der Waals surface area contributed by atoms with E-state index in [0.717, 1.165) is 35.7 Å². The van der Waals surface area contributed by atoms with Gasteiger partial charge in [-0.05, 0) is 37.5 Å². The van der Waals surface area contributed by atoms with Crippen molar-refractivity contribution in [3.63, 3.8) is 0 Å². The van der Waals surface area contributed by atoms with Crippen LogP contribution in [0, 0.1) is 0 Å². The number of imidazole rings is 1. The average Bonchev–Trinajstić information content (AvgIpc) is 3.40. The highest BCUT2D eigenvalue weighted by Crippen LogP contribution is 2.32. The van der Waals surface area contributed by atoms with Crippen LogP contribution in [0.5, 0.6) is 0 Å². The Bertz CT molecular complexity index is 1030. The lowest BCUT2D eigenvalue weighted by Crippen LogP contribution is -2.64. The Balaban J connectivity index is 1.73. The number of hydrogen-bond acceptors (Lipinski definition) is 5. The van der Waals surface area contributed by atoms with E-state index in [1.165, 1.54) is 13.4 Å². The number of nitrogens with one attached hydrogen (secondary N) is 1. The zero-order valence-electron chi connectivity index (χ0n) is 17.6. The smallest absolute Gasteiger partial charge is 0.359 e. The van der Waals surface area contributed by atoms with Gasteiger partial charge in [-0.25, -0.2) is 9.78 Å². The Morgan fingerprint density at radius 2 is 2.06 bits per heavy atom. The number of rotatable bonds is 5. The third-order valence-corrected chi connectivity index (χ3v) is 6.64. The largest absolute Gasteiger partial charge is 0.464 e. The number of amides is 2. The molecule has 0 unspecified atom stereocenters. The summed E-state index contributed by atoms with van der Waals surface area (Å²) in [6, 6.07) is 7.73. The molecule has 0 radical (unpaired) electrons. The molecule has 0 saturated heterocycles. The van der Waals surface area contributed by atoms with Crippen molar-refractivity contribution < 1.29 is 19.1 Å². The second-order valence-corrected chi connectivity index (χ2v) is 9.23. The van der Waals surface area contributed by atoms with Gasteiger partial charge in [0.05, 0.1) is 20.0 Å². The Morgan fingerprint density at radius 3 is 2.74 bits per heavy atom. The van der Waals surface area contributed by atoms with Gasteiger partial charge in [0, 0.05) is 17.1 Å². The van der Waals surface area contributed by atoms with Crippen molar-refractivity contribution >= 4 is 33.7 Å². The Labute approximate surface area is 189 Å². The fourth-order valence-corrected chi connectivity index (χ4v) is 4.86. The van der Waals surface area contributed by atoms with E-state index >= 15 is 0 Å². The molecule has 0 spiro atoms. The van der Waals surface area contributed by atoms with E-state index < -0.39 is 17.4 Å². The summed E-state index contributed by atoms with van der Waals surface area (Å²) in [5.74, 6) is -1.29. The monoisotopic (exact) mass is 488 g/mol. The minimum absolute atomic E-state index is 0.0370. The average molecular weight is 489 g/mol. The van der Waals surface area contributed by atoms with Crippen LogP contribution in [0.2, 0.25) is 0 Å². The molecule has 1 aromatic carbocycles. The van der Waals surface area contributed by atoms with Crippen LogP contribution in [0.25, 0.3) is 0 Å². The van der Waals surface area contributed by atoms with Crippen molar-refractivity contribution in [2.75, 3.05) is 7.11 Å². The maximum atomic E-state index is 13.6. The number of carbonyl (C=O) groups excluding carboxylic acids is 3. The second kappa shape index (κ2) is 8.45. The number of hydrogen-bond donors (Lipinski definition) is 1. The molecule has 2 aromatic rings. The molecule has 8 nitrogen and oxygen atoms in total. The number of ether oxygens (including phenoxy) is 1. The first-order valence-electron chi connectivity index (χ1n) is 10.3. The quantitative estimate of drug-likeness (QED) is 0.653. The Kier molecular flexibility index (Phi) is 5.88. The highest BCUT2D eigenvalue weighted by atomic mass is 79.9. The molecule has 31 heavy (non-hydrogen) atoms. The molecule has 2 amide bonds. The lowest BCUT2D eigenvalue weighted by Gasteiger charge is -2.44. The van der Waals surface area contributed by atoms with E-state index in [-0.39, 0.29) is 36.4 Å². The summed E-state index contributed by atoms with van der Waals surface area (Å²) >= 11 is 3.46. The zero-order chi connectivity index (χ0) is 22.2. The van der Waals surface area contributed by atoms with Crippen LogP contribution in [0.3, 0.4) is 0 Å². The highest BCUT2D eigenvalue weighted by Gasteiger charge is 2.49. The molecule has 1 N–H and O–H groups in total. The number of fused-ring (bicyclic) bond motifs is 1. The lowest BCUT2D eigenvalue weighted by atomic mass is 9.93. The first-order chi connectivity index (χ1) is 14.8. The van der Waals surface area contributed by atoms with E-state index in [0.29, 0.717) is 0 Å². The van der Waals surface area contributed by atoms with E-state index in [9.17, 15) is 14.4 Å². The Morgan fingerprint density at radius 1 is 1.32 bits per heavy atom. The first-order valence-corrected chi connectivity index (χ1v) is 11.1.